The molecule has 1 aromatic rings. The molecule has 1 aliphatic heterocycles. The van der Waals surface area contributed by atoms with Crippen LogP contribution in [0.3, 0.4) is 0 Å². The molecule has 0 radical (unpaired) electrons. The Balaban J connectivity index is 2.10. The molecule has 3 rings (SSSR count). The predicted octanol–water partition coefficient (Wildman–Crippen LogP) is 4.55. The van der Waals surface area contributed by atoms with E-state index in [0.717, 1.165) is 12.8 Å². The highest BCUT2D eigenvalue weighted by Crippen LogP contribution is 2.53. The number of primary amides is 1. The molecule has 0 bridgehead atoms. The molecule has 1 saturated heterocycles. The van der Waals surface area contributed by atoms with Gasteiger partial charge in [-0.25, -0.2) is 8.78 Å². The Kier molecular flexibility index (Phi) is 7.10. The molecule has 0 aromatic heterocycles. The number of hydrogen-bond donors (Lipinski definition) is 1. The Morgan fingerprint density at radius 2 is 1.91 bits per heavy atom. The number of allylic oxidation sites excluding steroid dienone is 1. The summed E-state index contributed by atoms with van der Waals surface area (Å²) >= 11 is 0. The molecule has 1 saturated carbocycles. The molecule has 2 aliphatic rings. The molecular formula is C24H32F2N4O2. The van der Waals surface area contributed by atoms with Crippen molar-refractivity contribution in [2.45, 2.75) is 52.5 Å². The van der Waals surface area contributed by atoms with Crippen molar-refractivity contribution in [2.24, 2.45) is 39.1 Å². The molecule has 1 aromatic carbocycles. The largest absolute Gasteiger partial charge is 0.368 e. The smallest absolute Gasteiger partial charge is 0.240 e. The average molecular weight is 447 g/mol. The number of likely N-dealkylation sites (tertiary alicyclic amines) is 1. The minimum absolute atomic E-state index is 0.0764. The molecule has 4 atom stereocenters. The Morgan fingerprint density at radius 1 is 1.25 bits per heavy atom. The summed E-state index contributed by atoms with van der Waals surface area (Å²) in [5, 5.41) is 7.82. The summed E-state index contributed by atoms with van der Waals surface area (Å²) < 4.78 is 29.2. The summed E-state index contributed by atoms with van der Waals surface area (Å²) in [4.78, 5) is 27.3. The molecule has 32 heavy (non-hydrogen) atoms. The summed E-state index contributed by atoms with van der Waals surface area (Å²) in [5.41, 5.74) is 4.53. The van der Waals surface area contributed by atoms with Gasteiger partial charge in [0, 0.05) is 13.6 Å². The number of benzene rings is 1. The summed E-state index contributed by atoms with van der Waals surface area (Å²) in [7, 11) is 1.44. The van der Waals surface area contributed by atoms with Gasteiger partial charge in [-0.05, 0) is 55.6 Å². The first-order chi connectivity index (χ1) is 15.1. The summed E-state index contributed by atoms with van der Waals surface area (Å²) in [6.45, 7) is 6.52. The van der Waals surface area contributed by atoms with Gasteiger partial charge in [-0.15, -0.1) is 0 Å². The molecule has 2 N–H and O–H groups in total. The fourth-order valence-electron chi connectivity index (χ4n) is 5.41. The van der Waals surface area contributed by atoms with Crippen LogP contribution in [0.5, 0.6) is 0 Å². The maximum Gasteiger partial charge on any atom is 0.240 e. The highest BCUT2D eigenvalue weighted by Gasteiger charge is 2.53. The number of nitrogens with two attached hydrogens (primary N) is 1. The van der Waals surface area contributed by atoms with E-state index in [1.165, 1.54) is 25.2 Å². The minimum Gasteiger partial charge on any atom is -0.368 e. The van der Waals surface area contributed by atoms with Crippen molar-refractivity contribution < 1.29 is 18.4 Å². The maximum absolute atomic E-state index is 14.6. The van der Waals surface area contributed by atoms with Crippen molar-refractivity contribution in [1.29, 1.82) is 0 Å². The van der Waals surface area contributed by atoms with Gasteiger partial charge in [0.05, 0.1) is 16.7 Å². The number of nitrogens with zero attached hydrogens (tertiary/aromatic N) is 3. The van der Waals surface area contributed by atoms with E-state index in [1.54, 1.807) is 11.0 Å². The maximum atomic E-state index is 14.6. The zero-order valence-electron chi connectivity index (χ0n) is 19.1. The van der Waals surface area contributed by atoms with Crippen molar-refractivity contribution in [1.82, 2.24) is 4.90 Å². The highest BCUT2D eigenvalue weighted by atomic mass is 19.1. The van der Waals surface area contributed by atoms with E-state index in [-0.39, 0.29) is 34.9 Å². The van der Waals surface area contributed by atoms with Crippen LogP contribution in [0.15, 0.2) is 34.5 Å². The number of halogens is 2. The van der Waals surface area contributed by atoms with Gasteiger partial charge in [-0.3, -0.25) is 9.59 Å². The molecule has 2 fully saturated rings. The summed E-state index contributed by atoms with van der Waals surface area (Å²) in [6.07, 6.45) is 4.38. The Hall–Kier alpha value is -2.64. The van der Waals surface area contributed by atoms with E-state index >= 15 is 0 Å². The lowest BCUT2D eigenvalue weighted by Gasteiger charge is -2.37. The fraction of sp³-hybridized carbons (Fsp3) is 0.583. The molecule has 2 amide bonds. The number of rotatable bonds is 6. The van der Waals surface area contributed by atoms with Gasteiger partial charge >= 0.3 is 0 Å². The first kappa shape index (κ1) is 24.0. The van der Waals surface area contributed by atoms with E-state index in [9.17, 15) is 18.4 Å². The van der Waals surface area contributed by atoms with Crippen molar-refractivity contribution >= 4 is 17.5 Å². The van der Waals surface area contributed by atoms with Gasteiger partial charge in [0.25, 0.3) is 0 Å². The lowest BCUT2D eigenvalue weighted by Crippen LogP contribution is -2.50. The number of amides is 2. The molecule has 174 valence electrons. The van der Waals surface area contributed by atoms with Gasteiger partial charge in [0.15, 0.2) is 0 Å². The summed E-state index contributed by atoms with van der Waals surface area (Å²) in [5.74, 6) is -2.09. The molecule has 6 nitrogen and oxygen atoms in total. The molecule has 1 heterocycles. The lowest BCUT2D eigenvalue weighted by molar-refractivity contribution is -0.147. The number of azo groups is 1. The van der Waals surface area contributed by atoms with E-state index in [2.05, 4.69) is 24.1 Å². The van der Waals surface area contributed by atoms with Crippen molar-refractivity contribution in [3.05, 3.63) is 41.5 Å². The number of carbonyl (C=O) groups excluding carboxylic acids is 2. The normalized spacial score (nSPS) is 28.8. The second-order valence-electron chi connectivity index (χ2n) is 9.40. The van der Waals surface area contributed by atoms with Crippen LogP contribution in [0.4, 0.5) is 8.78 Å². The third kappa shape index (κ3) is 4.32. The SMILES string of the molecule is CN=N/C(=C\C1[C@H](C(C)C)CC[C@]1(C)C(=O)N1CCC[C@H]1C(N)=O)c1c(F)cccc1F. The van der Waals surface area contributed by atoms with Gasteiger partial charge in [0.2, 0.25) is 11.8 Å². The molecule has 8 heteroatoms. The fourth-order valence-corrected chi connectivity index (χ4v) is 5.41. The zero-order chi connectivity index (χ0) is 23.6. The van der Waals surface area contributed by atoms with Crippen molar-refractivity contribution in [3.8, 4) is 0 Å². The standard InChI is InChI=1S/C24H32F2N4O2/c1-14(2)15-10-11-24(3,23(32)30-12-6-9-20(30)22(27)31)16(15)13-19(29-28-4)21-17(25)7-5-8-18(21)26/h5,7-8,13-16,20H,6,9-12H2,1-4H3,(H2,27,31)/b19-13-,29-28?/t15-,16?,20-,24-/m0/s1. The quantitative estimate of drug-likeness (QED) is 0.650. The van der Waals surface area contributed by atoms with Crippen molar-refractivity contribution in [3.63, 3.8) is 0 Å². The van der Waals surface area contributed by atoms with Crippen LogP contribution in [0.2, 0.25) is 0 Å². The van der Waals surface area contributed by atoms with Gasteiger partial charge in [-0.1, -0.05) is 32.9 Å². The monoisotopic (exact) mass is 446 g/mol. The predicted molar refractivity (Wildman–Crippen MR) is 118 cm³/mol. The van der Waals surface area contributed by atoms with E-state index < -0.39 is 29.0 Å². The lowest BCUT2D eigenvalue weighted by atomic mass is 9.72. The number of carbonyl (C=O) groups is 2. The Bertz CT molecular complexity index is 926. The van der Waals surface area contributed by atoms with Crippen LogP contribution in [0, 0.1) is 34.8 Å². The third-order valence-electron chi connectivity index (χ3n) is 7.15. The van der Waals surface area contributed by atoms with Crippen LogP contribution >= 0.6 is 0 Å². The van der Waals surface area contributed by atoms with Gasteiger partial charge < -0.3 is 10.6 Å². The van der Waals surface area contributed by atoms with E-state index in [1.807, 2.05) is 6.92 Å². The summed E-state index contributed by atoms with van der Waals surface area (Å²) in [6, 6.07) is 3.04. The first-order valence-corrected chi connectivity index (χ1v) is 11.2. The van der Waals surface area contributed by atoms with Crippen LogP contribution in [0.1, 0.15) is 52.0 Å². The minimum atomic E-state index is -0.844. The van der Waals surface area contributed by atoms with Crippen LogP contribution in [-0.2, 0) is 9.59 Å². The first-order valence-electron chi connectivity index (χ1n) is 11.2. The molecular weight excluding hydrogens is 414 g/mol. The van der Waals surface area contributed by atoms with Crippen molar-refractivity contribution in [2.75, 3.05) is 13.6 Å². The second kappa shape index (κ2) is 9.46. The third-order valence-corrected chi connectivity index (χ3v) is 7.15. The van der Waals surface area contributed by atoms with Crippen LogP contribution < -0.4 is 5.73 Å². The van der Waals surface area contributed by atoms with E-state index in [4.69, 9.17) is 5.73 Å². The van der Waals surface area contributed by atoms with E-state index in [0.29, 0.717) is 19.4 Å². The van der Waals surface area contributed by atoms with Crippen LogP contribution in [-0.4, -0.2) is 36.3 Å². The second-order valence-corrected chi connectivity index (χ2v) is 9.40. The molecule has 0 spiro atoms. The highest BCUT2D eigenvalue weighted by molar-refractivity contribution is 5.90. The Labute approximate surface area is 187 Å². The van der Waals surface area contributed by atoms with Gasteiger partial charge in [0.1, 0.15) is 17.7 Å². The zero-order valence-corrected chi connectivity index (χ0v) is 19.1. The van der Waals surface area contributed by atoms with Gasteiger partial charge in [-0.2, -0.15) is 10.2 Å². The van der Waals surface area contributed by atoms with Crippen LogP contribution in [0.25, 0.3) is 5.70 Å². The Morgan fingerprint density at radius 3 is 2.47 bits per heavy atom. The topological polar surface area (TPSA) is 88.1 Å². The average Bonchev–Trinajstić information content (AvgIpc) is 3.33. The molecule has 1 unspecified atom stereocenters. The molecule has 1 aliphatic carbocycles. The number of hydrogen-bond acceptors (Lipinski definition) is 4.